The largest absolute Gasteiger partial charge is 0.340 e. The van der Waals surface area contributed by atoms with Crippen LogP contribution in [0, 0.1) is 0 Å². The van der Waals surface area contributed by atoms with E-state index >= 15 is 0 Å². The molecule has 2 aromatic heterocycles. The average molecular weight is 485 g/mol. The Hall–Kier alpha value is -3.40. The molecule has 1 aliphatic heterocycles. The van der Waals surface area contributed by atoms with Gasteiger partial charge in [0, 0.05) is 33.5 Å². The summed E-state index contributed by atoms with van der Waals surface area (Å²) in [5, 5.41) is 8.35. The van der Waals surface area contributed by atoms with Gasteiger partial charge in [0.2, 0.25) is 0 Å². The Morgan fingerprint density at radius 1 is 1.10 bits per heavy atom. The van der Waals surface area contributed by atoms with Crippen LogP contribution in [0.3, 0.4) is 0 Å². The van der Waals surface area contributed by atoms with Gasteiger partial charge in [-0.15, -0.1) is 0 Å². The molecule has 10 heteroatoms. The topological polar surface area (TPSA) is 75.9 Å². The molecule has 0 radical (unpaired) electrons. The number of halogens is 3. The Kier molecular flexibility index (Phi) is 4.66. The van der Waals surface area contributed by atoms with E-state index in [9.17, 15) is 13.6 Å². The zero-order valence-electron chi connectivity index (χ0n) is 16.0. The minimum absolute atomic E-state index is 0.342. The molecule has 0 bridgehead atoms. The highest BCUT2D eigenvalue weighted by atomic mass is 79.9. The molecule has 1 fully saturated rings. The van der Waals surface area contributed by atoms with Crippen LogP contribution in [0.15, 0.2) is 65.4 Å². The first kappa shape index (κ1) is 19.6. The molecule has 1 saturated heterocycles. The second-order valence-corrected chi connectivity index (χ2v) is 8.15. The third-order valence-corrected chi connectivity index (χ3v) is 5.38. The summed E-state index contributed by atoms with van der Waals surface area (Å²) in [7, 11) is 0. The second kappa shape index (κ2) is 7.38. The maximum atomic E-state index is 13.1. The molecular formula is C21H15BrF2N6O. The van der Waals surface area contributed by atoms with Crippen molar-refractivity contribution in [3.05, 3.63) is 71.0 Å². The lowest BCUT2D eigenvalue weighted by molar-refractivity contribution is -0.113. The fourth-order valence-corrected chi connectivity index (χ4v) is 3.57. The molecule has 7 nitrogen and oxygen atoms in total. The van der Waals surface area contributed by atoms with Crippen molar-refractivity contribution in [3.63, 3.8) is 0 Å². The van der Waals surface area contributed by atoms with Gasteiger partial charge in [0.15, 0.2) is 0 Å². The Bertz CT molecular complexity index is 1280. The van der Waals surface area contributed by atoms with Gasteiger partial charge in [0.25, 0.3) is 17.8 Å². The highest BCUT2D eigenvalue weighted by molar-refractivity contribution is 9.10. The summed E-state index contributed by atoms with van der Waals surface area (Å²) in [5.41, 5.74) is 1.85. The minimum atomic E-state index is -2.79. The molecule has 4 aromatic rings. The van der Waals surface area contributed by atoms with Gasteiger partial charge in [-0.1, -0.05) is 15.9 Å². The fourth-order valence-electron chi connectivity index (χ4n) is 3.31. The molecule has 0 unspecified atom stereocenters. The SMILES string of the molecule is O=C(c1ccc2nn(-c3nccc(Nc4ccc(Br)cc4)n3)cc2c1)N1CC(F)(F)C1. The zero-order chi connectivity index (χ0) is 21.6. The summed E-state index contributed by atoms with van der Waals surface area (Å²) >= 11 is 3.40. The Morgan fingerprint density at radius 2 is 1.87 bits per heavy atom. The molecule has 31 heavy (non-hydrogen) atoms. The number of carbonyl (C=O) groups is 1. The molecule has 1 aliphatic rings. The lowest BCUT2D eigenvalue weighted by Gasteiger charge is -2.38. The van der Waals surface area contributed by atoms with E-state index in [0.29, 0.717) is 28.2 Å². The average Bonchev–Trinajstić information content (AvgIpc) is 3.17. The second-order valence-electron chi connectivity index (χ2n) is 7.24. The Morgan fingerprint density at radius 3 is 2.61 bits per heavy atom. The number of likely N-dealkylation sites (tertiary alicyclic amines) is 1. The van der Waals surface area contributed by atoms with Gasteiger partial charge in [-0.25, -0.2) is 18.4 Å². The number of hydrogen-bond acceptors (Lipinski definition) is 5. The number of nitrogens with zero attached hydrogens (tertiary/aromatic N) is 5. The van der Waals surface area contributed by atoms with Crippen LogP contribution in [-0.4, -0.2) is 49.6 Å². The summed E-state index contributed by atoms with van der Waals surface area (Å²) in [4.78, 5) is 22.3. The van der Waals surface area contributed by atoms with Gasteiger partial charge in [-0.3, -0.25) is 4.79 Å². The molecular weight excluding hydrogens is 470 g/mol. The van der Waals surface area contributed by atoms with Crippen molar-refractivity contribution in [1.29, 1.82) is 0 Å². The number of rotatable bonds is 4. The number of anilines is 2. The van der Waals surface area contributed by atoms with Gasteiger partial charge in [-0.2, -0.15) is 10.1 Å². The van der Waals surface area contributed by atoms with E-state index in [0.717, 1.165) is 15.1 Å². The predicted molar refractivity (Wildman–Crippen MR) is 115 cm³/mol. The summed E-state index contributed by atoms with van der Waals surface area (Å²) in [5.74, 6) is -2.26. The quantitative estimate of drug-likeness (QED) is 0.464. The molecule has 2 aromatic carbocycles. The summed E-state index contributed by atoms with van der Waals surface area (Å²) in [6.07, 6.45) is 3.32. The van der Waals surface area contributed by atoms with Crippen LogP contribution < -0.4 is 5.32 Å². The van der Waals surface area contributed by atoms with Crippen molar-refractivity contribution in [3.8, 4) is 5.95 Å². The maximum Gasteiger partial charge on any atom is 0.282 e. The van der Waals surface area contributed by atoms with Crippen molar-refractivity contribution < 1.29 is 13.6 Å². The minimum Gasteiger partial charge on any atom is -0.340 e. The molecule has 5 rings (SSSR count). The molecule has 156 valence electrons. The van der Waals surface area contributed by atoms with Crippen LogP contribution in [0.2, 0.25) is 0 Å². The van der Waals surface area contributed by atoms with E-state index < -0.39 is 24.9 Å². The maximum absolute atomic E-state index is 13.1. The number of alkyl halides is 2. The number of hydrogen-bond donors (Lipinski definition) is 1. The van der Waals surface area contributed by atoms with Crippen LogP contribution in [0.5, 0.6) is 0 Å². The van der Waals surface area contributed by atoms with Crippen LogP contribution in [0.4, 0.5) is 20.3 Å². The standard InChI is InChI=1S/C21H15BrF2N6O/c22-15-2-4-16(5-3-15)26-18-7-8-25-20(27-18)30-10-14-9-13(1-6-17(14)28-30)19(31)29-11-21(23,24)12-29/h1-10H,11-12H2,(H,25,26,27). The zero-order valence-corrected chi connectivity index (χ0v) is 17.6. The van der Waals surface area contributed by atoms with Gasteiger partial charge in [0.05, 0.1) is 18.6 Å². The van der Waals surface area contributed by atoms with Crippen LogP contribution in [0.25, 0.3) is 16.9 Å². The lowest BCUT2D eigenvalue weighted by Crippen LogP contribution is -2.58. The van der Waals surface area contributed by atoms with Crippen molar-refractivity contribution in [2.45, 2.75) is 5.92 Å². The van der Waals surface area contributed by atoms with Crippen LogP contribution in [-0.2, 0) is 0 Å². The number of aromatic nitrogens is 4. The van der Waals surface area contributed by atoms with E-state index in [4.69, 9.17) is 0 Å². The van der Waals surface area contributed by atoms with Gasteiger partial charge in [-0.05, 0) is 48.5 Å². The van der Waals surface area contributed by atoms with Gasteiger partial charge in [0.1, 0.15) is 5.82 Å². The highest BCUT2D eigenvalue weighted by Gasteiger charge is 2.46. The van der Waals surface area contributed by atoms with Crippen molar-refractivity contribution in [1.82, 2.24) is 24.6 Å². The predicted octanol–water partition coefficient (Wildman–Crippen LogP) is 4.41. The third-order valence-electron chi connectivity index (χ3n) is 4.85. The van der Waals surface area contributed by atoms with Gasteiger partial charge < -0.3 is 10.2 Å². The first-order valence-corrected chi connectivity index (χ1v) is 10.2. The Labute approximate surface area is 183 Å². The molecule has 3 heterocycles. The monoisotopic (exact) mass is 484 g/mol. The molecule has 0 spiro atoms. The number of fused-ring (bicyclic) bond motifs is 1. The number of carbonyl (C=O) groups excluding carboxylic acids is 1. The number of amides is 1. The summed E-state index contributed by atoms with van der Waals surface area (Å²) < 4.78 is 28.6. The van der Waals surface area contributed by atoms with E-state index in [-0.39, 0.29) is 0 Å². The van der Waals surface area contributed by atoms with Crippen LogP contribution in [0.1, 0.15) is 10.4 Å². The van der Waals surface area contributed by atoms with E-state index in [1.165, 1.54) is 4.68 Å². The summed E-state index contributed by atoms with van der Waals surface area (Å²) in [6.45, 7) is -1.09. The molecule has 0 aliphatic carbocycles. The van der Waals surface area contributed by atoms with Crippen molar-refractivity contribution in [2.24, 2.45) is 0 Å². The molecule has 0 saturated carbocycles. The highest BCUT2D eigenvalue weighted by Crippen LogP contribution is 2.28. The number of nitrogens with one attached hydrogen (secondary N) is 1. The van der Waals surface area contributed by atoms with E-state index in [1.54, 1.807) is 36.7 Å². The normalized spacial score (nSPS) is 15.0. The lowest BCUT2D eigenvalue weighted by atomic mass is 10.1. The number of benzene rings is 2. The first-order valence-electron chi connectivity index (χ1n) is 9.39. The van der Waals surface area contributed by atoms with E-state index in [1.807, 2.05) is 24.3 Å². The van der Waals surface area contributed by atoms with Crippen LogP contribution >= 0.6 is 15.9 Å². The first-order chi connectivity index (χ1) is 14.9. The molecule has 1 N–H and O–H groups in total. The smallest absolute Gasteiger partial charge is 0.282 e. The Balaban J connectivity index is 1.39. The van der Waals surface area contributed by atoms with Crippen molar-refractivity contribution in [2.75, 3.05) is 18.4 Å². The van der Waals surface area contributed by atoms with Crippen molar-refractivity contribution >= 4 is 44.2 Å². The molecule has 0 atom stereocenters. The fraction of sp³-hybridized carbons (Fsp3) is 0.143. The van der Waals surface area contributed by atoms with E-state index in [2.05, 4.69) is 36.3 Å². The third kappa shape index (κ3) is 3.98. The van der Waals surface area contributed by atoms with Gasteiger partial charge >= 0.3 is 0 Å². The molecule has 1 amide bonds. The summed E-state index contributed by atoms with van der Waals surface area (Å²) in [6, 6.07) is 14.3.